The van der Waals surface area contributed by atoms with Crippen LogP contribution in [0.15, 0.2) is 36.4 Å². The van der Waals surface area contributed by atoms with Crippen molar-refractivity contribution >= 4 is 11.8 Å². The number of nitrogens with one attached hydrogen (secondary N) is 1. The molecule has 5 nitrogen and oxygen atoms in total. The van der Waals surface area contributed by atoms with E-state index in [2.05, 4.69) is 10.3 Å². The van der Waals surface area contributed by atoms with Gasteiger partial charge in [-0.2, -0.15) is 0 Å². The van der Waals surface area contributed by atoms with Gasteiger partial charge < -0.3 is 15.2 Å². The Morgan fingerprint density at radius 1 is 1.36 bits per heavy atom. The summed E-state index contributed by atoms with van der Waals surface area (Å²) in [7, 11) is 1.61. The zero-order chi connectivity index (χ0) is 15.5. The average molecular weight is 298 g/mol. The number of aromatic nitrogens is 1. The molecule has 0 amide bonds. The van der Waals surface area contributed by atoms with Crippen LogP contribution in [0.1, 0.15) is 23.2 Å². The van der Waals surface area contributed by atoms with Crippen molar-refractivity contribution in [3.05, 3.63) is 42.0 Å². The highest BCUT2D eigenvalue weighted by Gasteiger charge is 2.22. The van der Waals surface area contributed by atoms with E-state index in [1.165, 1.54) is 12.8 Å². The minimum atomic E-state index is -0.969. The van der Waals surface area contributed by atoms with Gasteiger partial charge in [0.25, 0.3) is 0 Å². The number of benzene rings is 1. The minimum Gasteiger partial charge on any atom is -0.497 e. The number of carboxylic acid groups (broad SMARTS) is 1. The lowest BCUT2D eigenvalue weighted by molar-refractivity contribution is 0.0697. The largest absolute Gasteiger partial charge is 0.497 e. The maximum atomic E-state index is 11.3. The van der Waals surface area contributed by atoms with Crippen LogP contribution in [0.2, 0.25) is 0 Å². The Morgan fingerprint density at radius 3 is 2.86 bits per heavy atom. The van der Waals surface area contributed by atoms with Crippen LogP contribution < -0.4 is 10.1 Å². The quantitative estimate of drug-likeness (QED) is 0.856. The number of anilines is 1. The normalized spacial score (nSPS) is 13.7. The summed E-state index contributed by atoms with van der Waals surface area (Å²) in [5.74, 6) is 0.848. The Balaban J connectivity index is 1.93. The highest BCUT2D eigenvalue weighted by atomic mass is 16.5. The molecular weight excluding hydrogens is 280 g/mol. The van der Waals surface area contributed by atoms with E-state index in [4.69, 9.17) is 4.74 Å². The second kappa shape index (κ2) is 6.05. The third kappa shape index (κ3) is 3.19. The summed E-state index contributed by atoms with van der Waals surface area (Å²) in [4.78, 5) is 15.8. The number of rotatable bonds is 6. The summed E-state index contributed by atoms with van der Waals surface area (Å²) < 4.78 is 5.22. The molecule has 1 aromatic carbocycles. The van der Waals surface area contributed by atoms with Crippen LogP contribution in [-0.2, 0) is 0 Å². The molecule has 0 bridgehead atoms. The maximum Gasteiger partial charge on any atom is 0.339 e. The molecule has 2 aromatic rings. The first-order chi connectivity index (χ1) is 10.7. The van der Waals surface area contributed by atoms with Gasteiger partial charge in [0.05, 0.1) is 12.8 Å². The number of nitrogens with zero attached hydrogens (tertiary/aromatic N) is 1. The Morgan fingerprint density at radius 2 is 2.18 bits per heavy atom. The molecule has 1 aliphatic carbocycles. The molecule has 1 heterocycles. The van der Waals surface area contributed by atoms with E-state index < -0.39 is 5.97 Å². The third-order valence-corrected chi connectivity index (χ3v) is 3.75. The van der Waals surface area contributed by atoms with Crippen LogP contribution in [-0.4, -0.2) is 29.7 Å². The molecule has 114 valence electrons. The zero-order valence-electron chi connectivity index (χ0n) is 12.4. The first-order valence-electron chi connectivity index (χ1n) is 7.30. The predicted octanol–water partition coefficient (Wildman–Crippen LogP) is 3.28. The van der Waals surface area contributed by atoms with E-state index >= 15 is 0 Å². The molecule has 1 aliphatic rings. The number of carbonyl (C=O) groups is 1. The number of pyridine rings is 1. The Bertz CT molecular complexity index is 696. The topological polar surface area (TPSA) is 71.5 Å². The molecule has 5 heteroatoms. The molecule has 22 heavy (non-hydrogen) atoms. The molecule has 0 aliphatic heterocycles. The smallest absolute Gasteiger partial charge is 0.339 e. The number of hydrogen-bond acceptors (Lipinski definition) is 4. The van der Waals surface area contributed by atoms with Gasteiger partial charge in [-0.3, -0.25) is 0 Å². The molecule has 1 fully saturated rings. The lowest BCUT2D eigenvalue weighted by Gasteiger charge is -2.11. The van der Waals surface area contributed by atoms with Crippen LogP contribution >= 0.6 is 0 Å². The lowest BCUT2D eigenvalue weighted by Crippen LogP contribution is -2.11. The van der Waals surface area contributed by atoms with Gasteiger partial charge >= 0.3 is 5.97 Å². The van der Waals surface area contributed by atoms with Crippen molar-refractivity contribution in [1.82, 2.24) is 4.98 Å². The number of hydrogen-bond donors (Lipinski definition) is 2. The SMILES string of the molecule is COc1cccc(-c2ccc(C(=O)O)c(NCC3CC3)n2)c1. The summed E-state index contributed by atoms with van der Waals surface area (Å²) in [6.45, 7) is 0.773. The van der Waals surface area contributed by atoms with Gasteiger partial charge in [0.1, 0.15) is 17.1 Å². The van der Waals surface area contributed by atoms with E-state index in [-0.39, 0.29) is 5.56 Å². The Hall–Kier alpha value is -2.56. The van der Waals surface area contributed by atoms with Crippen molar-refractivity contribution in [3.8, 4) is 17.0 Å². The summed E-state index contributed by atoms with van der Waals surface area (Å²) in [6.07, 6.45) is 2.40. The molecule has 1 aromatic heterocycles. The first-order valence-corrected chi connectivity index (χ1v) is 7.30. The fourth-order valence-electron chi connectivity index (χ4n) is 2.27. The lowest BCUT2D eigenvalue weighted by atomic mass is 10.1. The van der Waals surface area contributed by atoms with Crippen molar-refractivity contribution < 1.29 is 14.6 Å². The molecule has 0 atom stereocenters. The van der Waals surface area contributed by atoms with E-state index in [9.17, 15) is 9.90 Å². The van der Waals surface area contributed by atoms with Crippen LogP contribution in [0.25, 0.3) is 11.3 Å². The first kappa shape index (κ1) is 14.4. The van der Waals surface area contributed by atoms with Crippen LogP contribution in [0.3, 0.4) is 0 Å². The third-order valence-electron chi connectivity index (χ3n) is 3.75. The molecule has 0 spiro atoms. The van der Waals surface area contributed by atoms with Gasteiger partial charge in [0.2, 0.25) is 0 Å². The summed E-state index contributed by atoms with van der Waals surface area (Å²) in [5, 5.41) is 12.5. The number of methoxy groups -OCH3 is 1. The summed E-state index contributed by atoms with van der Waals surface area (Å²) in [5.41, 5.74) is 1.82. The number of aromatic carboxylic acids is 1. The average Bonchev–Trinajstić information content (AvgIpc) is 3.37. The molecular formula is C17H18N2O3. The molecule has 0 saturated heterocycles. The highest BCUT2D eigenvalue weighted by Crippen LogP contribution is 2.30. The van der Waals surface area contributed by atoms with Gasteiger partial charge in [-0.15, -0.1) is 0 Å². The monoisotopic (exact) mass is 298 g/mol. The fraction of sp³-hybridized carbons (Fsp3) is 0.294. The van der Waals surface area contributed by atoms with E-state index in [0.29, 0.717) is 11.7 Å². The minimum absolute atomic E-state index is 0.201. The van der Waals surface area contributed by atoms with Gasteiger partial charge in [0, 0.05) is 12.1 Å². The van der Waals surface area contributed by atoms with E-state index in [1.807, 2.05) is 24.3 Å². The van der Waals surface area contributed by atoms with Gasteiger partial charge in [0.15, 0.2) is 0 Å². The van der Waals surface area contributed by atoms with Crippen molar-refractivity contribution in [2.75, 3.05) is 19.0 Å². The molecule has 1 saturated carbocycles. The highest BCUT2D eigenvalue weighted by molar-refractivity contribution is 5.93. The van der Waals surface area contributed by atoms with Crippen molar-refractivity contribution in [1.29, 1.82) is 0 Å². The molecule has 2 N–H and O–H groups in total. The van der Waals surface area contributed by atoms with Gasteiger partial charge in [-0.1, -0.05) is 12.1 Å². The van der Waals surface area contributed by atoms with Crippen molar-refractivity contribution in [2.24, 2.45) is 5.92 Å². The molecule has 0 radical (unpaired) electrons. The number of ether oxygens (including phenoxy) is 1. The Labute approximate surface area is 129 Å². The van der Waals surface area contributed by atoms with Crippen LogP contribution in [0.5, 0.6) is 5.75 Å². The second-order valence-corrected chi connectivity index (χ2v) is 5.45. The Kier molecular flexibility index (Phi) is 3.96. The summed E-state index contributed by atoms with van der Waals surface area (Å²) in [6, 6.07) is 10.9. The predicted molar refractivity (Wildman–Crippen MR) is 84.4 cm³/mol. The van der Waals surface area contributed by atoms with Crippen LogP contribution in [0.4, 0.5) is 5.82 Å². The molecule has 0 unspecified atom stereocenters. The second-order valence-electron chi connectivity index (χ2n) is 5.45. The summed E-state index contributed by atoms with van der Waals surface area (Å²) >= 11 is 0. The van der Waals surface area contributed by atoms with E-state index in [1.54, 1.807) is 19.2 Å². The zero-order valence-corrected chi connectivity index (χ0v) is 12.4. The van der Waals surface area contributed by atoms with Gasteiger partial charge in [-0.05, 0) is 43.0 Å². The van der Waals surface area contributed by atoms with Crippen molar-refractivity contribution in [2.45, 2.75) is 12.8 Å². The van der Waals surface area contributed by atoms with Crippen molar-refractivity contribution in [3.63, 3.8) is 0 Å². The standard InChI is InChI=1S/C17H18N2O3/c1-22-13-4-2-3-12(9-13)15-8-7-14(17(20)21)16(19-15)18-10-11-5-6-11/h2-4,7-9,11H,5-6,10H2,1H3,(H,18,19)(H,20,21). The van der Waals surface area contributed by atoms with Crippen LogP contribution in [0, 0.1) is 5.92 Å². The fourth-order valence-corrected chi connectivity index (χ4v) is 2.27. The number of carboxylic acids is 1. The molecule has 3 rings (SSSR count). The maximum absolute atomic E-state index is 11.3. The van der Waals surface area contributed by atoms with Gasteiger partial charge in [-0.25, -0.2) is 9.78 Å². The van der Waals surface area contributed by atoms with E-state index in [0.717, 1.165) is 23.6 Å².